The molecule has 0 aromatic heterocycles. The summed E-state index contributed by atoms with van der Waals surface area (Å²) in [5, 5.41) is 12.6. The average Bonchev–Trinajstić information content (AvgIpc) is 2.39. The second kappa shape index (κ2) is 7.23. The highest BCUT2D eigenvalue weighted by atomic mass is 16.5. The van der Waals surface area contributed by atoms with Crippen molar-refractivity contribution in [3.63, 3.8) is 0 Å². The quantitative estimate of drug-likeness (QED) is 0.800. The highest BCUT2D eigenvalue weighted by Gasteiger charge is 2.32. The second-order valence-electron chi connectivity index (χ2n) is 6.06. The van der Waals surface area contributed by atoms with Crippen molar-refractivity contribution >= 4 is 0 Å². The number of methoxy groups -OCH3 is 1. The standard InChI is InChI=1S/C15H29N3O/c1-6-17-15(4,11-16)9-13(3)18-8-7-12(2)14(10-18)19-5/h12-14,17H,6-10H2,1-5H3. The lowest BCUT2D eigenvalue weighted by atomic mass is 9.90. The Morgan fingerprint density at radius 3 is 2.79 bits per heavy atom. The van der Waals surface area contributed by atoms with E-state index in [1.54, 1.807) is 7.11 Å². The molecule has 4 atom stereocenters. The van der Waals surface area contributed by atoms with Gasteiger partial charge in [0, 0.05) is 19.7 Å². The third-order valence-corrected chi connectivity index (χ3v) is 4.36. The number of hydrogen-bond acceptors (Lipinski definition) is 4. The van der Waals surface area contributed by atoms with Crippen molar-refractivity contribution in [1.82, 2.24) is 10.2 Å². The molecule has 0 radical (unpaired) electrons. The first-order valence-corrected chi connectivity index (χ1v) is 7.39. The summed E-state index contributed by atoms with van der Waals surface area (Å²) in [4.78, 5) is 2.46. The van der Waals surface area contributed by atoms with E-state index in [4.69, 9.17) is 4.74 Å². The van der Waals surface area contributed by atoms with Crippen LogP contribution in [0.5, 0.6) is 0 Å². The number of hydrogen-bond donors (Lipinski definition) is 1. The van der Waals surface area contributed by atoms with Crippen LogP contribution in [-0.4, -0.2) is 49.3 Å². The van der Waals surface area contributed by atoms with E-state index < -0.39 is 5.54 Å². The number of nitriles is 1. The Balaban J connectivity index is 2.58. The van der Waals surface area contributed by atoms with Crippen molar-refractivity contribution < 1.29 is 4.74 Å². The zero-order valence-electron chi connectivity index (χ0n) is 13.1. The summed E-state index contributed by atoms with van der Waals surface area (Å²) < 4.78 is 5.57. The third kappa shape index (κ3) is 4.45. The lowest BCUT2D eigenvalue weighted by Crippen LogP contribution is -2.52. The number of rotatable bonds is 6. The SMILES string of the molecule is CCNC(C)(C#N)CC(C)N1CCC(C)C(OC)C1. The second-order valence-corrected chi connectivity index (χ2v) is 6.06. The summed E-state index contributed by atoms with van der Waals surface area (Å²) in [5.74, 6) is 0.629. The zero-order valence-corrected chi connectivity index (χ0v) is 13.1. The van der Waals surface area contributed by atoms with Crippen LogP contribution in [0.1, 0.15) is 40.5 Å². The topological polar surface area (TPSA) is 48.3 Å². The molecule has 4 unspecified atom stereocenters. The van der Waals surface area contributed by atoms with Crippen LogP contribution in [0.4, 0.5) is 0 Å². The lowest BCUT2D eigenvalue weighted by Gasteiger charge is -2.41. The van der Waals surface area contributed by atoms with E-state index in [1.807, 2.05) is 13.8 Å². The molecule has 110 valence electrons. The lowest BCUT2D eigenvalue weighted by molar-refractivity contribution is -0.0197. The van der Waals surface area contributed by atoms with Crippen LogP contribution >= 0.6 is 0 Å². The summed E-state index contributed by atoms with van der Waals surface area (Å²) >= 11 is 0. The van der Waals surface area contributed by atoms with Gasteiger partial charge in [0.25, 0.3) is 0 Å². The molecule has 19 heavy (non-hydrogen) atoms. The molecule has 0 aromatic carbocycles. The number of ether oxygens (including phenoxy) is 1. The van der Waals surface area contributed by atoms with Gasteiger partial charge in [0.2, 0.25) is 0 Å². The molecule has 1 heterocycles. The number of nitrogens with zero attached hydrogens (tertiary/aromatic N) is 2. The van der Waals surface area contributed by atoms with Crippen molar-refractivity contribution in [3.8, 4) is 6.07 Å². The molecular formula is C15H29N3O. The van der Waals surface area contributed by atoms with Gasteiger partial charge in [-0.25, -0.2) is 0 Å². The Morgan fingerprint density at radius 1 is 1.58 bits per heavy atom. The van der Waals surface area contributed by atoms with Gasteiger partial charge in [0.15, 0.2) is 0 Å². The van der Waals surface area contributed by atoms with Crippen molar-refractivity contribution in [2.45, 2.75) is 58.2 Å². The van der Waals surface area contributed by atoms with Gasteiger partial charge in [0.05, 0.1) is 12.2 Å². The Morgan fingerprint density at radius 2 is 2.26 bits per heavy atom. The van der Waals surface area contributed by atoms with E-state index in [-0.39, 0.29) is 0 Å². The fourth-order valence-corrected chi connectivity index (χ4v) is 3.03. The van der Waals surface area contributed by atoms with Crippen LogP contribution in [0.25, 0.3) is 0 Å². The fourth-order valence-electron chi connectivity index (χ4n) is 3.03. The van der Waals surface area contributed by atoms with E-state index >= 15 is 0 Å². The van der Waals surface area contributed by atoms with E-state index in [9.17, 15) is 5.26 Å². The van der Waals surface area contributed by atoms with Crippen molar-refractivity contribution in [2.75, 3.05) is 26.7 Å². The molecular weight excluding hydrogens is 238 g/mol. The first-order valence-electron chi connectivity index (χ1n) is 7.39. The first kappa shape index (κ1) is 16.4. The third-order valence-electron chi connectivity index (χ3n) is 4.36. The zero-order chi connectivity index (χ0) is 14.5. The van der Waals surface area contributed by atoms with Gasteiger partial charge < -0.3 is 4.74 Å². The van der Waals surface area contributed by atoms with Gasteiger partial charge in [0.1, 0.15) is 5.54 Å². The molecule has 1 aliphatic rings. The molecule has 0 aliphatic carbocycles. The van der Waals surface area contributed by atoms with E-state index in [0.29, 0.717) is 18.1 Å². The largest absolute Gasteiger partial charge is 0.380 e. The van der Waals surface area contributed by atoms with Gasteiger partial charge in [-0.15, -0.1) is 0 Å². The van der Waals surface area contributed by atoms with Gasteiger partial charge in [-0.3, -0.25) is 10.2 Å². The maximum atomic E-state index is 9.35. The highest BCUT2D eigenvalue weighted by molar-refractivity contribution is 5.05. The van der Waals surface area contributed by atoms with Crippen LogP contribution < -0.4 is 5.32 Å². The molecule has 0 amide bonds. The average molecular weight is 267 g/mol. The molecule has 1 aliphatic heterocycles. The normalized spacial score (nSPS) is 29.5. The minimum absolute atomic E-state index is 0.323. The highest BCUT2D eigenvalue weighted by Crippen LogP contribution is 2.24. The first-order chi connectivity index (χ1) is 8.95. The summed E-state index contributed by atoms with van der Waals surface area (Å²) in [6.07, 6.45) is 2.35. The summed E-state index contributed by atoms with van der Waals surface area (Å²) in [6.45, 7) is 11.4. The monoisotopic (exact) mass is 267 g/mol. The molecule has 0 spiro atoms. The molecule has 1 fully saturated rings. The predicted molar refractivity (Wildman–Crippen MR) is 77.9 cm³/mol. The number of nitrogens with one attached hydrogen (secondary N) is 1. The molecule has 0 saturated carbocycles. The molecule has 1 saturated heterocycles. The minimum atomic E-state index is -0.431. The summed E-state index contributed by atoms with van der Waals surface area (Å²) in [6, 6.07) is 2.81. The van der Waals surface area contributed by atoms with E-state index in [2.05, 4.69) is 30.1 Å². The van der Waals surface area contributed by atoms with E-state index in [0.717, 1.165) is 26.1 Å². The summed E-state index contributed by atoms with van der Waals surface area (Å²) in [7, 11) is 1.80. The van der Waals surface area contributed by atoms with Gasteiger partial charge in [-0.05, 0) is 45.7 Å². The molecule has 1 rings (SSSR count). The Hall–Kier alpha value is -0.630. The van der Waals surface area contributed by atoms with Crippen molar-refractivity contribution in [3.05, 3.63) is 0 Å². The van der Waals surface area contributed by atoms with Crippen LogP contribution in [0.2, 0.25) is 0 Å². The van der Waals surface area contributed by atoms with Gasteiger partial charge in [-0.1, -0.05) is 13.8 Å². The van der Waals surface area contributed by atoms with Crippen molar-refractivity contribution in [1.29, 1.82) is 5.26 Å². The van der Waals surface area contributed by atoms with Crippen LogP contribution in [0.15, 0.2) is 0 Å². The Kier molecular flexibility index (Phi) is 6.25. The smallest absolute Gasteiger partial charge is 0.105 e. The molecule has 4 heteroatoms. The minimum Gasteiger partial charge on any atom is -0.380 e. The number of likely N-dealkylation sites (tertiary alicyclic amines) is 1. The maximum absolute atomic E-state index is 9.35. The molecule has 1 N–H and O–H groups in total. The molecule has 0 aromatic rings. The van der Waals surface area contributed by atoms with Crippen molar-refractivity contribution in [2.24, 2.45) is 5.92 Å². The number of piperidine rings is 1. The van der Waals surface area contributed by atoms with Crippen LogP contribution in [0, 0.1) is 17.2 Å². The van der Waals surface area contributed by atoms with Gasteiger partial charge in [-0.2, -0.15) is 5.26 Å². The predicted octanol–water partition coefficient (Wildman–Crippen LogP) is 2.01. The van der Waals surface area contributed by atoms with E-state index in [1.165, 1.54) is 6.42 Å². The Bertz CT molecular complexity index is 315. The fraction of sp³-hybridized carbons (Fsp3) is 0.933. The van der Waals surface area contributed by atoms with Gasteiger partial charge >= 0.3 is 0 Å². The molecule has 4 nitrogen and oxygen atoms in total. The van der Waals surface area contributed by atoms with Crippen LogP contribution in [0.3, 0.4) is 0 Å². The molecule has 0 bridgehead atoms. The maximum Gasteiger partial charge on any atom is 0.105 e. The van der Waals surface area contributed by atoms with Crippen LogP contribution in [-0.2, 0) is 4.74 Å². The Labute approximate surface area is 118 Å². The summed E-state index contributed by atoms with van der Waals surface area (Å²) in [5.41, 5.74) is -0.431.